The zero-order valence-electron chi connectivity index (χ0n) is 29.8. The lowest BCUT2D eigenvalue weighted by Gasteiger charge is -2.40. The van der Waals surface area contributed by atoms with Crippen LogP contribution in [-0.2, 0) is 37.3 Å². The molecule has 18 heteroatoms. The summed E-state index contributed by atoms with van der Waals surface area (Å²) < 4.78 is 116. The summed E-state index contributed by atoms with van der Waals surface area (Å²) in [5.41, 5.74) is -10.3. The lowest BCUT2D eigenvalue weighted by atomic mass is 9.93. The Morgan fingerprint density at radius 2 is 1.42 bits per heavy atom. The summed E-state index contributed by atoms with van der Waals surface area (Å²) in [4.78, 5) is 31.0. The van der Waals surface area contributed by atoms with Gasteiger partial charge >= 0.3 is 24.5 Å². The molecule has 2 amide bonds. The molecule has 0 aliphatic heterocycles. The first kappa shape index (κ1) is 42.4. The molecule has 3 rings (SSSR count). The molecular weight excluding hydrogens is 770 g/mol. The number of aromatic nitrogens is 3. The van der Waals surface area contributed by atoms with Crippen LogP contribution in [0.3, 0.4) is 0 Å². The number of imide groups is 1. The van der Waals surface area contributed by atoms with E-state index in [2.05, 4.69) is 37.7 Å². The number of anilines is 1. The molecule has 11 nitrogen and oxygen atoms in total. The fourth-order valence-corrected chi connectivity index (χ4v) is 4.96. The Kier molecular flexibility index (Phi) is 12.3. The van der Waals surface area contributed by atoms with Crippen molar-refractivity contribution in [3.63, 3.8) is 0 Å². The second-order valence-corrected chi connectivity index (χ2v) is 15.0. The summed E-state index contributed by atoms with van der Waals surface area (Å²) in [5.74, 6) is -2.21. The number of ether oxygens (including phenoxy) is 4. The quantitative estimate of drug-likeness (QED) is 0.117. The molecule has 0 spiro atoms. The van der Waals surface area contributed by atoms with E-state index in [0.717, 1.165) is 6.08 Å². The maximum Gasteiger partial charge on any atom is 0.429 e. The second kappa shape index (κ2) is 15.1. The van der Waals surface area contributed by atoms with Crippen LogP contribution in [-0.4, -0.2) is 56.5 Å². The van der Waals surface area contributed by atoms with Crippen molar-refractivity contribution in [1.82, 2.24) is 15.2 Å². The van der Waals surface area contributed by atoms with Crippen molar-refractivity contribution >= 4 is 33.8 Å². The van der Waals surface area contributed by atoms with Gasteiger partial charge in [0.1, 0.15) is 21.9 Å². The number of carbonyl (C=O) groups excluding carboxylic acids is 2. The normalized spacial score (nSPS) is 14.7. The molecule has 0 N–H and O–H groups in total. The SMILES string of the molecule is C=CC(OC(C)(C)C)C(OCc1ccccc1)(c1nnc(-c2nc(Br)c(C(F)(F)F)cc2N(C(=O)OC(C)(C)C)C(=O)OC(C)(C)C)o1)C(F)(F)F. The largest absolute Gasteiger partial charge is 0.443 e. The molecule has 0 fully saturated rings. The fourth-order valence-electron chi connectivity index (χ4n) is 4.44. The number of nitrogens with zero attached hydrogens (tertiary/aromatic N) is 4. The van der Waals surface area contributed by atoms with Crippen LogP contribution in [0.5, 0.6) is 0 Å². The summed E-state index contributed by atoms with van der Waals surface area (Å²) in [5, 5.41) is 7.33. The van der Waals surface area contributed by atoms with Gasteiger partial charge in [-0.2, -0.15) is 31.2 Å². The van der Waals surface area contributed by atoms with Crippen LogP contribution < -0.4 is 4.90 Å². The van der Waals surface area contributed by atoms with Crippen molar-refractivity contribution in [2.75, 3.05) is 4.90 Å². The average Bonchev–Trinajstić information content (AvgIpc) is 3.44. The van der Waals surface area contributed by atoms with Gasteiger partial charge in [-0.15, -0.1) is 16.8 Å². The monoisotopic (exact) mass is 808 g/mol. The third kappa shape index (κ3) is 10.3. The van der Waals surface area contributed by atoms with E-state index in [9.17, 15) is 22.8 Å². The van der Waals surface area contributed by atoms with Gasteiger partial charge in [0.05, 0.1) is 23.5 Å². The lowest BCUT2D eigenvalue weighted by Crippen LogP contribution is -2.55. The van der Waals surface area contributed by atoms with E-state index in [1.165, 1.54) is 74.4 Å². The molecule has 2 unspecified atom stereocenters. The molecule has 286 valence electrons. The number of pyridine rings is 1. The number of hydrogen-bond donors (Lipinski definition) is 0. The highest BCUT2D eigenvalue weighted by Crippen LogP contribution is 2.49. The van der Waals surface area contributed by atoms with Gasteiger partial charge in [-0.1, -0.05) is 36.4 Å². The van der Waals surface area contributed by atoms with Crippen LogP contribution in [0, 0.1) is 0 Å². The summed E-state index contributed by atoms with van der Waals surface area (Å²) in [6.07, 6.45) is -14.7. The molecule has 2 heterocycles. The van der Waals surface area contributed by atoms with Crippen LogP contribution in [0.15, 0.2) is 58.1 Å². The predicted octanol–water partition coefficient (Wildman–Crippen LogP) is 9.93. The number of halogens is 7. The Morgan fingerprint density at radius 3 is 1.87 bits per heavy atom. The Balaban J connectivity index is 2.41. The maximum absolute atomic E-state index is 15.5. The van der Waals surface area contributed by atoms with E-state index in [-0.39, 0.29) is 4.90 Å². The molecule has 0 radical (unpaired) electrons. The fraction of sp³-hybridized carbons (Fsp3) is 0.500. The van der Waals surface area contributed by atoms with E-state index in [1.807, 2.05) is 0 Å². The Labute approximate surface area is 304 Å². The second-order valence-electron chi connectivity index (χ2n) is 14.3. The molecule has 3 aromatic rings. The summed E-state index contributed by atoms with van der Waals surface area (Å²) >= 11 is 2.72. The highest BCUT2D eigenvalue weighted by atomic mass is 79.9. The Bertz CT molecular complexity index is 1720. The minimum atomic E-state index is -5.37. The van der Waals surface area contributed by atoms with Gasteiger partial charge in [0.2, 0.25) is 0 Å². The van der Waals surface area contributed by atoms with Crippen LogP contribution in [0.4, 0.5) is 41.6 Å². The lowest BCUT2D eigenvalue weighted by molar-refractivity contribution is -0.332. The number of alkyl halides is 6. The number of rotatable bonds is 9. The van der Waals surface area contributed by atoms with Crippen LogP contribution in [0.1, 0.15) is 79.3 Å². The number of hydrogen-bond acceptors (Lipinski definition) is 10. The van der Waals surface area contributed by atoms with Gasteiger partial charge < -0.3 is 23.4 Å². The Hall–Kier alpha value is -4.03. The summed E-state index contributed by atoms with van der Waals surface area (Å²) in [6, 6.07) is 8.14. The van der Waals surface area contributed by atoms with Crippen LogP contribution in [0.25, 0.3) is 11.6 Å². The molecule has 2 aromatic heterocycles. The highest BCUT2D eigenvalue weighted by Gasteiger charge is 2.67. The van der Waals surface area contributed by atoms with Gasteiger partial charge in [0, 0.05) is 0 Å². The molecule has 0 bridgehead atoms. The van der Waals surface area contributed by atoms with E-state index in [0.29, 0.717) is 11.6 Å². The van der Waals surface area contributed by atoms with Gasteiger partial charge in [0.25, 0.3) is 17.4 Å². The van der Waals surface area contributed by atoms with E-state index >= 15 is 13.2 Å². The standard InChI is InChI=1S/C34H39BrF6N4O7/c1-11-22(50-29(2,3)4)32(34(39,40)41,48-18-19-15-13-12-14-16-19)26-44-43-25(49-26)23-21(17-20(24(35)42-23)33(36,37)38)45(27(46)51-30(5,6)7)28(47)52-31(8,9)10/h11-17,22H,1,18H2,2-10H3. The zero-order chi connectivity index (χ0) is 39.7. The third-order valence-electron chi connectivity index (χ3n) is 6.43. The first-order valence-electron chi connectivity index (χ1n) is 15.5. The van der Waals surface area contributed by atoms with Crippen molar-refractivity contribution < 1.29 is 59.3 Å². The van der Waals surface area contributed by atoms with E-state index in [4.69, 9.17) is 23.4 Å². The molecule has 0 aliphatic rings. The minimum Gasteiger partial charge on any atom is -0.443 e. The zero-order valence-corrected chi connectivity index (χ0v) is 31.4. The molecule has 0 saturated carbocycles. The smallest absolute Gasteiger partial charge is 0.429 e. The van der Waals surface area contributed by atoms with Crippen molar-refractivity contribution in [2.24, 2.45) is 0 Å². The molecular formula is C34H39BrF6N4O7. The summed E-state index contributed by atoms with van der Waals surface area (Å²) in [7, 11) is 0. The number of benzene rings is 1. The molecule has 2 atom stereocenters. The predicted molar refractivity (Wildman–Crippen MR) is 179 cm³/mol. The maximum atomic E-state index is 15.5. The highest BCUT2D eigenvalue weighted by molar-refractivity contribution is 9.10. The Morgan fingerprint density at radius 1 is 0.885 bits per heavy atom. The van der Waals surface area contributed by atoms with Crippen molar-refractivity contribution in [3.8, 4) is 11.6 Å². The average molecular weight is 810 g/mol. The van der Waals surface area contributed by atoms with Crippen LogP contribution in [0.2, 0.25) is 0 Å². The topological polar surface area (TPSA) is 126 Å². The first-order valence-corrected chi connectivity index (χ1v) is 16.3. The van der Waals surface area contributed by atoms with E-state index in [1.54, 1.807) is 18.2 Å². The molecule has 1 aromatic carbocycles. The summed E-state index contributed by atoms with van der Waals surface area (Å²) in [6.45, 7) is 15.9. The van der Waals surface area contributed by atoms with Crippen molar-refractivity contribution in [3.05, 3.63) is 70.7 Å². The van der Waals surface area contributed by atoms with Gasteiger partial charge in [-0.05, 0) is 89.9 Å². The third-order valence-corrected chi connectivity index (χ3v) is 7.03. The number of amides is 2. The van der Waals surface area contributed by atoms with Gasteiger partial charge in [0.15, 0.2) is 5.69 Å². The van der Waals surface area contributed by atoms with Crippen molar-refractivity contribution in [2.45, 2.75) is 110 Å². The van der Waals surface area contributed by atoms with Crippen molar-refractivity contribution in [1.29, 1.82) is 0 Å². The minimum absolute atomic E-state index is 0.0998. The van der Waals surface area contributed by atoms with Gasteiger partial charge in [-0.3, -0.25) is 0 Å². The van der Waals surface area contributed by atoms with Gasteiger partial charge in [-0.25, -0.2) is 14.6 Å². The number of carbonyl (C=O) groups is 2. The first-order chi connectivity index (χ1) is 23.6. The van der Waals surface area contributed by atoms with E-state index < -0.39 is 93.0 Å². The molecule has 52 heavy (non-hydrogen) atoms. The molecule has 0 saturated heterocycles. The molecule has 0 aliphatic carbocycles. The van der Waals surface area contributed by atoms with Crippen LogP contribution >= 0.6 is 15.9 Å².